The summed E-state index contributed by atoms with van der Waals surface area (Å²) in [7, 11) is 0. The smallest absolute Gasteiger partial charge is 0.228 e. The van der Waals surface area contributed by atoms with Gasteiger partial charge in [-0.25, -0.2) is 0 Å². The van der Waals surface area contributed by atoms with Crippen molar-refractivity contribution in [3.8, 4) is 0 Å². The van der Waals surface area contributed by atoms with E-state index in [1.54, 1.807) is 6.20 Å². The molecule has 0 unspecified atom stereocenters. The number of carbonyl (C=O) groups excluding carboxylic acids is 1. The maximum atomic E-state index is 12.2. The summed E-state index contributed by atoms with van der Waals surface area (Å²) < 4.78 is 0. The zero-order chi connectivity index (χ0) is 13.5. The summed E-state index contributed by atoms with van der Waals surface area (Å²) in [6, 6.07) is 5.64. The molecule has 1 saturated heterocycles. The number of amides is 1. The Kier molecular flexibility index (Phi) is 5.30. The number of aliphatic hydroxyl groups excluding tert-OH is 1. The van der Waals surface area contributed by atoms with Crippen molar-refractivity contribution in [3.63, 3.8) is 0 Å². The van der Waals surface area contributed by atoms with Crippen molar-refractivity contribution in [1.29, 1.82) is 0 Å². The van der Waals surface area contributed by atoms with Gasteiger partial charge in [0.1, 0.15) is 0 Å². The predicted molar refractivity (Wildman–Crippen MR) is 72.7 cm³/mol. The lowest BCUT2D eigenvalue weighted by atomic mass is 10.2. The van der Waals surface area contributed by atoms with E-state index in [9.17, 15) is 4.79 Å². The number of hydrogen-bond donors (Lipinski definition) is 1. The fourth-order valence-corrected chi connectivity index (χ4v) is 2.35. The van der Waals surface area contributed by atoms with Crippen molar-refractivity contribution >= 4 is 5.91 Å². The molecule has 1 aromatic rings. The summed E-state index contributed by atoms with van der Waals surface area (Å²) >= 11 is 0. The van der Waals surface area contributed by atoms with Crippen LogP contribution in [0.25, 0.3) is 0 Å². The Hall–Kier alpha value is -1.46. The third-order valence-electron chi connectivity index (χ3n) is 3.42. The van der Waals surface area contributed by atoms with Gasteiger partial charge in [-0.1, -0.05) is 6.07 Å². The van der Waals surface area contributed by atoms with Crippen molar-refractivity contribution in [1.82, 2.24) is 14.8 Å². The Morgan fingerprint density at radius 2 is 2.16 bits per heavy atom. The summed E-state index contributed by atoms with van der Waals surface area (Å²) in [5, 5.41) is 8.95. The lowest BCUT2D eigenvalue weighted by molar-refractivity contribution is -0.130. The first-order valence-corrected chi connectivity index (χ1v) is 6.80. The molecule has 0 spiro atoms. The molecular weight excluding hydrogens is 242 g/mol. The van der Waals surface area contributed by atoms with Gasteiger partial charge in [0, 0.05) is 38.1 Å². The van der Waals surface area contributed by atoms with Gasteiger partial charge in [-0.15, -0.1) is 0 Å². The highest BCUT2D eigenvalue weighted by atomic mass is 16.3. The second-order valence-corrected chi connectivity index (χ2v) is 4.80. The van der Waals surface area contributed by atoms with Crippen LogP contribution in [0.3, 0.4) is 0 Å². The van der Waals surface area contributed by atoms with Crippen LogP contribution in [0.1, 0.15) is 12.1 Å². The largest absolute Gasteiger partial charge is 0.395 e. The maximum absolute atomic E-state index is 12.2. The summed E-state index contributed by atoms with van der Waals surface area (Å²) in [5.41, 5.74) is 0.823. The van der Waals surface area contributed by atoms with Crippen LogP contribution in [0, 0.1) is 0 Å². The molecule has 0 aromatic carbocycles. The highest BCUT2D eigenvalue weighted by Gasteiger charge is 2.19. The molecule has 5 heteroatoms. The number of pyridine rings is 1. The molecule has 2 rings (SSSR count). The standard InChI is InChI=1S/C14H21N3O2/c18-11-10-16-6-3-7-17(9-8-16)14(19)12-13-4-1-2-5-15-13/h1-2,4-5,18H,3,6-12H2. The fraction of sp³-hybridized carbons (Fsp3) is 0.571. The number of aliphatic hydroxyl groups is 1. The molecule has 0 atom stereocenters. The van der Waals surface area contributed by atoms with E-state index in [0.717, 1.165) is 38.3 Å². The molecule has 1 aliphatic rings. The van der Waals surface area contributed by atoms with E-state index in [0.29, 0.717) is 13.0 Å². The van der Waals surface area contributed by atoms with Crippen molar-refractivity contribution in [3.05, 3.63) is 30.1 Å². The number of rotatable bonds is 4. The molecule has 1 aromatic heterocycles. The molecule has 0 aliphatic carbocycles. The Morgan fingerprint density at radius 3 is 2.89 bits per heavy atom. The van der Waals surface area contributed by atoms with Crippen LogP contribution in [0.2, 0.25) is 0 Å². The summed E-state index contributed by atoms with van der Waals surface area (Å²) in [4.78, 5) is 20.5. The molecule has 0 bridgehead atoms. The first-order valence-electron chi connectivity index (χ1n) is 6.80. The minimum absolute atomic E-state index is 0.143. The number of carbonyl (C=O) groups is 1. The van der Waals surface area contributed by atoms with Gasteiger partial charge < -0.3 is 10.0 Å². The molecule has 0 saturated carbocycles. The Morgan fingerprint density at radius 1 is 1.26 bits per heavy atom. The third kappa shape index (κ3) is 4.29. The molecule has 19 heavy (non-hydrogen) atoms. The van der Waals surface area contributed by atoms with Crippen molar-refractivity contribution < 1.29 is 9.90 Å². The summed E-state index contributed by atoms with van der Waals surface area (Å²) in [6.07, 6.45) is 3.06. The number of aromatic nitrogens is 1. The topological polar surface area (TPSA) is 56.7 Å². The molecule has 1 fully saturated rings. The van der Waals surface area contributed by atoms with Crippen molar-refractivity contribution in [2.24, 2.45) is 0 Å². The molecule has 104 valence electrons. The van der Waals surface area contributed by atoms with Crippen LogP contribution in [-0.4, -0.2) is 65.1 Å². The van der Waals surface area contributed by atoms with Crippen molar-refractivity contribution in [2.75, 3.05) is 39.3 Å². The second kappa shape index (κ2) is 7.21. The van der Waals surface area contributed by atoms with Gasteiger partial charge in [0.05, 0.1) is 13.0 Å². The van der Waals surface area contributed by atoms with E-state index in [-0.39, 0.29) is 12.5 Å². The van der Waals surface area contributed by atoms with Gasteiger partial charge in [-0.05, 0) is 25.1 Å². The first-order chi connectivity index (χ1) is 9.29. The highest BCUT2D eigenvalue weighted by molar-refractivity contribution is 5.78. The van der Waals surface area contributed by atoms with E-state index in [1.165, 1.54) is 0 Å². The van der Waals surface area contributed by atoms with Gasteiger partial charge in [0.25, 0.3) is 0 Å². The van der Waals surface area contributed by atoms with Crippen LogP contribution >= 0.6 is 0 Å². The molecule has 0 radical (unpaired) electrons. The lowest BCUT2D eigenvalue weighted by Crippen LogP contribution is -2.36. The van der Waals surface area contributed by atoms with Gasteiger partial charge in [0.2, 0.25) is 5.91 Å². The zero-order valence-electron chi connectivity index (χ0n) is 11.2. The number of β-amino-alcohol motifs (C(OH)–C–C–N with tert-alkyl or cyclic N) is 1. The zero-order valence-corrected chi connectivity index (χ0v) is 11.2. The normalized spacial score (nSPS) is 17.2. The molecule has 1 aliphatic heterocycles. The first kappa shape index (κ1) is 14.0. The highest BCUT2D eigenvalue weighted by Crippen LogP contribution is 2.06. The van der Waals surface area contributed by atoms with Crippen LogP contribution < -0.4 is 0 Å². The average molecular weight is 263 g/mol. The summed E-state index contributed by atoms with van der Waals surface area (Å²) in [6.45, 7) is 4.21. The average Bonchev–Trinajstić information content (AvgIpc) is 2.66. The van der Waals surface area contributed by atoms with Crippen LogP contribution in [-0.2, 0) is 11.2 Å². The van der Waals surface area contributed by atoms with E-state index in [2.05, 4.69) is 9.88 Å². The molecular formula is C14H21N3O2. The quantitative estimate of drug-likeness (QED) is 0.840. The van der Waals surface area contributed by atoms with Gasteiger partial charge in [0.15, 0.2) is 0 Å². The van der Waals surface area contributed by atoms with Crippen molar-refractivity contribution in [2.45, 2.75) is 12.8 Å². The van der Waals surface area contributed by atoms with E-state index in [1.807, 2.05) is 23.1 Å². The number of hydrogen-bond acceptors (Lipinski definition) is 4. The third-order valence-corrected chi connectivity index (χ3v) is 3.42. The number of nitrogens with zero attached hydrogens (tertiary/aromatic N) is 3. The minimum Gasteiger partial charge on any atom is -0.395 e. The molecule has 5 nitrogen and oxygen atoms in total. The van der Waals surface area contributed by atoms with Gasteiger partial charge in [-0.2, -0.15) is 0 Å². The van der Waals surface area contributed by atoms with Gasteiger partial charge in [-0.3, -0.25) is 14.7 Å². The monoisotopic (exact) mass is 263 g/mol. The van der Waals surface area contributed by atoms with E-state index < -0.39 is 0 Å². The molecule has 1 amide bonds. The van der Waals surface area contributed by atoms with E-state index in [4.69, 9.17) is 5.11 Å². The van der Waals surface area contributed by atoms with Crippen LogP contribution in [0.15, 0.2) is 24.4 Å². The minimum atomic E-state index is 0.143. The Labute approximate surface area is 113 Å². The summed E-state index contributed by atoms with van der Waals surface area (Å²) in [5.74, 6) is 0.143. The second-order valence-electron chi connectivity index (χ2n) is 4.80. The van der Waals surface area contributed by atoms with Crippen LogP contribution in [0.4, 0.5) is 0 Å². The lowest BCUT2D eigenvalue weighted by Gasteiger charge is -2.21. The molecule has 1 N–H and O–H groups in total. The Bertz CT molecular complexity index is 397. The Balaban J connectivity index is 1.86. The van der Waals surface area contributed by atoms with E-state index >= 15 is 0 Å². The SMILES string of the molecule is O=C(Cc1ccccn1)N1CCCN(CCO)CC1. The molecule has 2 heterocycles. The van der Waals surface area contributed by atoms with Crippen LogP contribution in [0.5, 0.6) is 0 Å². The predicted octanol–water partition coefficient (Wildman–Crippen LogP) is 0.151. The maximum Gasteiger partial charge on any atom is 0.228 e. The van der Waals surface area contributed by atoms with Gasteiger partial charge >= 0.3 is 0 Å². The fourth-order valence-electron chi connectivity index (χ4n) is 2.35.